The fourth-order valence-corrected chi connectivity index (χ4v) is 2.11. The molecule has 0 saturated heterocycles. The molecule has 0 aliphatic rings. The summed E-state index contributed by atoms with van der Waals surface area (Å²) in [4.78, 5) is 11.5. The monoisotopic (exact) mass is 310 g/mol. The second-order valence-corrected chi connectivity index (χ2v) is 4.95. The largest absolute Gasteiger partial charge is 0.507 e. The number of carbonyl (C=O) groups is 1. The molecule has 0 bridgehead atoms. The van der Waals surface area contributed by atoms with Crippen molar-refractivity contribution < 1.29 is 9.90 Å². The number of phenolic OH excluding ortho intramolecular Hbond substituents is 1. The summed E-state index contributed by atoms with van der Waals surface area (Å²) in [7, 11) is 1.69. The van der Waals surface area contributed by atoms with E-state index in [1.54, 1.807) is 32.2 Å². The molecule has 1 heterocycles. The maximum Gasteiger partial charge on any atom is 0.239 e. The van der Waals surface area contributed by atoms with E-state index >= 15 is 0 Å². The zero-order chi connectivity index (χ0) is 16.8. The third-order valence-corrected chi connectivity index (χ3v) is 3.11. The molecule has 1 aromatic heterocycles. The molecule has 0 aliphatic carbocycles. The second kappa shape index (κ2) is 7.38. The van der Waals surface area contributed by atoms with Crippen LogP contribution in [0, 0.1) is 18.8 Å². The average molecular weight is 310 g/mol. The van der Waals surface area contributed by atoms with Gasteiger partial charge in [-0.15, -0.1) is 16.1 Å². The van der Waals surface area contributed by atoms with Crippen molar-refractivity contribution in [1.82, 2.24) is 15.5 Å². The van der Waals surface area contributed by atoms with E-state index in [0.717, 1.165) is 11.1 Å². The summed E-state index contributed by atoms with van der Waals surface area (Å²) >= 11 is 0. The van der Waals surface area contributed by atoms with E-state index in [0.29, 0.717) is 17.1 Å². The Morgan fingerprint density at radius 1 is 1.30 bits per heavy atom. The zero-order valence-electron chi connectivity index (χ0n) is 13.3. The van der Waals surface area contributed by atoms with Crippen LogP contribution in [0.4, 0.5) is 5.82 Å². The lowest BCUT2D eigenvalue weighted by atomic mass is 10.0. The summed E-state index contributed by atoms with van der Waals surface area (Å²) in [6.45, 7) is 3.78. The third kappa shape index (κ3) is 4.05. The maximum absolute atomic E-state index is 11.5. The van der Waals surface area contributed by atoms with Gasteiger partial charge in [-0.25, -0.2) is 0 Å². The first-order valence-electron chi connectivity index (χ1n) is 7.10. The van der Waals surface area contributed by atoms with E-state index in [9.17, 15) is 9.90 Å². The van der Waals surface area contributed by atoms with Crippen LogP contribution in [0.5, 0.6) is 5.75 Å². The quantitative estimate of drug-likeness (QED) is 0.748. The molecule has 6 heteroatoms. The van der Waals surface area contributed by atoms with Crippen LogP contribution in [0.15, 0.2) is 24.3 Å². The number of hydrogen-bond donors (Lipinski definition) is 3. The van der Waals surface area contributed by atoms with Crippen molar-refractivity contribution in [2.75, 3.05) is 18.9 Å². The minimum Gasteiger partial charge on any atom is -0.507 e. The number of phenols is 1. The lowest BCUT2D eigenvalue weighted by Crippen LogP contribution is -2.25. The summed E-state index contributed by atoms with van der Waals surface area (Å²) in [6, 6.07) is 6.88. The molecule has 0 radical (unpaired) electrons. The third-order valence-electron chi connectivity index (χ3n) is 3.11. The van der Waals surface area contributed by atoms with Gasteiger partial charge in [0.15, 0.2) is 5.82 Å². The number of aryl methyl sites for hydroxylation is 1. The van der Waals surface area contributed by atoms with E-state index in [-0.39, 0.29) is 18.2 Å². The minimum absolute atomic E-state index is 0.0922. The molecule has 2 rings (SSSR count). The molecule has 0 unspecified atom stereocenters. The number of aromatic hydroxyl groups is 1. The maximum atomic E-state index is 11.5. The SMILES string of the molecule is CC#Cc1ccc(-c2nnc(NC(=O)CNC)cc2C)c(O)c1. The molecule has 6 nitrogen and oxygen atoms in total. The first kappa shape index (κ1) is 16.5. The number of likely N-dealkylation sites (N-methyl/N-ethyl adjacent to an activating group) is 1. The van der Waals surface area contributed by atoms with Crippen LogP contribution < -0.4 is 10.6 Å². The van der Waals surface area contributed by atoms with Crippen molar-refractivity contribution in [1.29, 1.82) is 0 Å². The topological polar surface area (TPSA) is 87.1 Å². The van der Waals surface area contributed by atoms with Gasteiger partial charge in [0.1, 0.15) is 5.75 Å². The van der Waals surface area contributed by atoms with Crippen LogP contribution in [-0.4, -0.2) is 34.8 Å². The van der Waals surface area contributed by atoms with E-state index in [4.69, 9.17) is 0 Å². The first-order chi connectivity index (χ1) is 11.0. The van der Waals surface area contributed by atoms with E-state index in [2.05, 4.69) is 32.7 Å². The Morgan fingerprint density at radius 2 is 2.09 bits per heavy atom. The molecule has 2 aromatic rings. The number of amides is 1. The van der Waals surface area contributed by atoms with Crippen molar-refractivity contribution in [2.45, 2.75) is 13.8 Å². The Bertz CT molecular complexity index is 791. The molecular formula is C17H18N4O2. The lowest BCUT2D eigenvalue weighted by Gasteiger charge is -2.09. The van der Waals surface area contributed by atoms with E-state index in [1.807, 2.05) is 13.0 Å². The number of benzene rings is 1. The molecule has 118 valence electrons. The Labute approximate surface area is 135 Å². The Kier molecular flexibility index (Phi) is 5.28. The average Bonchev–Trinajstić information content (AvgIpc) is 2.49. The minimum atomic E-state index is -0.195. The Balaban J connectivity index is 2.30. The molecule has 23 heavy (non-hydrogen) atoms. The van der Waals surface area contributed by atoms with Crippen molar-refractivity contribution in [3.8, 4) is 28.8 Å². The number of aromatic nitrogens is 2. The predicted molar refractivity (Wildman–Crippen MR) is 89.0 cm³/mol. The fraction of sp³-hybridized carbons (Fsp3) is 0.235. The molecule has 1 aromatic carbocycles. The number of hydrogen-bond acceptors (Lipinski definition) is 5. The molecule has 0 fully saturated rings. The van der Waals surface area contributed by atoms with Gasteiger partial charge in [-0.3, -0.25) is 4.79 Å². The van der Waals surface area contributed by atoms with Crippen LogP contribution in [0.2, 0.25) is 0 Å². The number of carbonyl (C=O) groups excluding carboxylic acids is 1. The Hall–Kier alpha value is -2.91. The van der Waals surface area contributed by atoms with Crippen molar-refractivity contribution in [3.05, 3.63) is 35.4 Å². The van der Waals surface area contributed by atoms with Gasteiger partial charge >= 0.3 is 0 Å². The number of nitrogens with one attached hydrogen (secondary N) is 2. The Morgan fingerprint density at radius 3 is 2.70 bits per heavy atom. The van der Waals surface area contributed by atoms with Gasteiger partial charge in [0.2, 0.25) is 5.91 Å². The molecule has 0 saturated carbocycles. The highest BCUT2D eigenvalue weighted by molar-refractivity contribution is 5.91. The van der Waals surface area contributed by atoms with Crippen molar-refractivity contribution in [3.63, 3.8) is 0 Å². The van der Waals surface area contributed by atoms with Gasteiger partial charge < -0.3 is 15.7 Å². The molecule has 0 spiro atoms. The second-order valence-electron chi connectivity index (χ2n) is 4.95. The summed E-state index contributed by atoms with van der Waals surface area (Å²) in [6.07, 6.45) is 0. The van der Waals surface area contributed by atoms with Gasteiger partial charge in [0.25, 0.3) is 0 Å². The molecule has 0 aliphatic heterocycles. The van der Waals surface area contributed by atoms with Gasteiger partial charge in [-0.1, -0.05) is 5.92 Å². The number of nitrogens with zero attached hydrogens (tertiary/aromatic N) is 2. The van der Waals surface area contributed by atoms with Gasteiger partial charge in [-0.05, 0) is 50.7 Å². The van der Waals surface area contributed by atoms with Crippen molar-refractivity contribution >= 4 is 11.7 Å². The van der Waals surface area contributed by atoms with Gasteiger partial charge in [-0.2, -0.15) is 0 Å². The summed E-state index contributed by atoms with van der Waals surface area (Å²) in [5.74, 6) is 5.94. The van der Waals surface area contributed by atoms with Gasteiger partial charge in [0.05, 0.1) is 12.2 Å². The summed E-state index contributed by atoms with van der Waals surface area (Å²) < 4.78 is 0. The van der Waals surface area contributed by atoms with E-state index in [1.165, 1.54) is 0 Å². The summed E-state index contributed by atoms with van der Waals surface area (Å²) in [5.41, 5.74) is 2.66. The highest BCUT2D eigenvalue weighted by Gasteiger charge is 2.12. The van der Waals surface area contributed by atoms with Crippen LogP contribution >= 0.6 is 0 Å². The molecule has 1 amide bonds. The predicted octanol–water partition coefficient (Wildman–Crippen LogP) is 1.69. The highest BCUT2D eigenvalue weighted by atomic mass is 16.3. The normalized spacial score (nSPS) is 9.87. The number of anilines is 1. The molecule has 0 atom stereocenters. The smallest absolute Gasteiger partial charge is 0.239 e. The first-order valence-corrected chi connectivity index (χ1v) is 7.10. The van der Waals surface area contributed by atoms with Crippen LogP contribution in [0.1, 0.15) is 18.1 Å². The van der Waals surface area contributed by atoms with Crippen molar-refractivity contribution in [2.24, 2.45) is 0 Å². The standard InChI is InChI=1S/C17H18N4O2/c1-4-5-12-6-7-13(14(22)9-12)17-11(2)8-15(20-21-17)19-16(23)10-18-3/h6-9,18,22H,10H2,1-3H3,(H,19,20,23). The fourth-order valence-electron chi connectivity index (χ4n) is 2.11. The molecular weight excluding hydrogens is 292 g/mol. The van der Waals surface area contributed by atoms with E-state index < -0.39 is 0 Å². The molecule has 3 N–H and O–H groups in total. The number of rotatable bonds is 4. The van der Waals surface area contributed by atoms with Crippen LogP contribution in [-0.2, 0) is 4.79 Å². The zero-order valence-corrected chi connectivity index (χ0v) is 13.3. The summed E-state index contributed by atoms with van der Waals surface area (Å²) in [5, 5.41) is 23.7. The van der Waals surface area contributed by atoms with Crippen LogP contribution in [0.25, 0.3) is 11.3 Å². The van der Waals surface area contributed by atoms with Crippen LogP contribution in [0.3, 0.4) is 0 Å². The lowest BCUT2D eigenvalue weighted by molar-refractivity contribution is -0.115. The highest BCUT2D eigenvalue weighted by Crippen LogP contribution is 2.30. The van der Waals surface area contributed by atoms with Gasteiger partial charge in [0, 0.05) is 11.1 Å².